The molecule has 24 heavy (non-hydrogen) atoms. The van der Waals surface area contributed by atoms with Gasteiger partial charge in [-0.25, -0.2) is 0 Å². The number of hydrogen-bond acceptors (Lipinski definition) is 3. The van der Waals surface area contributed by atoms with Crippen LogP contribution in [0.2, 0.25) is 5.02 Å². The Morgan fingerprint density at radius 1 is 1.21 bits per heavy atom. The van der Waals surface area contributed by atoms with Crippen molar-refractivity contribution in [2.75, 3.05) is 13.2 Å². The average molecular weight is 348 g/mol. The van der Waals surface area contributed by atoms with Crippen molar-refractivity contribution in [3.05, 3.63) is 59.1 Å². The molecule has 1 atom stereocenters. The van der Waals surface area contributed by atoms with E-state index >= 15 is 0 Å². The maximum atomic E-state index is 12.2. The van der Waals surface area contributed by atoms with Gasteiger partial charge >= 0.3 is 0 Å². The molecule has 0 saturated carbocycles. The number of nitrogens with one attached hydrogen (secondary N) is 1. The highest BCUT2D eigenvalue weighted by Gasteiger charge is 2.18. The molecule has 1 N–H and O–H groups in total. The van der Waals surface area contributed by atoms with E-state index in [1.165, 1.54) is 0 Å². The van der Waals surface area contributed by atoms with Crippen molar-refractivity contribution in [3.63, 3.8) is 0 Å². The Kier molecular flexibility index (Phi) is 6.94. The molecule has 0 aliphatic heterocycles. The van der Waals surface area contributed by atoms with Gasteiger partial charge in [-0.3, -0.25) is 4.79 Å². The second-order valence-electron chi connectivity index (χ2n) is 5.40. The third-order valence-corrected chi connectivity index (χ3v) is 3.74. The molecule has 2 rings (SSSR count). The first-order valence-corrected chi connectivity index (χ1v) is 8.36. The second-order valence-corrected chi connectivity index (χ2v) is 5.81. The summed E-state index contributed by atoms with van der Waals surface area (Å²) in [7, 11) is 0. The summed E-state index contributed by atoms with van der Waals surface area (Å²) in [5, 5.41) is 3.32. The van der Waals surface area contributed by atoms with E-state index in [9.17, 15) is 4.79 Å². The number of amides is 1. The number of carbonyl (C=O) groups excluding carboxylic acids is 1. The number of aryl methyl sites for hydroxylation is 1. The van der Waals surface area contributed by atoms with E-state index < -0.39 is 6.10 Å². The molecule has 0 aliphatic carbocycles. The van der Waals surface area contributed by atoms with Gasteiger partial charge in [0.05, 0.1) is 11.6 Å². The van der Waals surface area contributed by atoms with Gasteiger partial charge in [-0.2, -0.15) is 0 Å². The zero-order valence-electron chi connectivity index (χ0n) is 13.9. The molecular weight excluding hydrogens is 326 g/mol. The third-order valence-electron chi connectivity index (χ3n) is 3.43. The summed E-state index contributed by atoms with van der Waals surface area (Å²) in [6, 6.07) is 14.9. The molecule has 0 saturated heterocycles. The Morgan fingerprint density at radius 2 is 2.00 bits per heavy atom. The lowest BCUT2D eigenvalue weighted by molar-refractivity contribution is -0.128. The van der Waals surface area contributed by atoms with Gasteiger partial charge in [0.25, 0.3) is 5.91 Å². The summed E-state index contributed by atoms with van der Waals surface area (Å²) < 4.78 is 11.3. The van der Waals surface area contributed by atoms with Gasteiger partial charge in [0.15, 0.2) is 6.10 Å². The van der Waals surface area contributed by atoms with Gasteiger partial charge in [0.1, 0.15) is 18.1 Å². The Labute approximate surface area is 147 Å². The molecule has 0 aromatic heterocycles. The lowest BCUT2D eigenvalue weighted by Crippen LogP contribution is -2.39. The highest BCUT2D eigenvalue weighted by atomic mass is 35.5. The van der Waals surface area contributed by atoms with Crippen LogP contribution >= 0.6 is 11.6 Å². The zero-order chi connectivity index (χ0) is 17.4. The predicted molar refractivity (Wildman–Crippen MR) is 95.8 cm³/mol. The van der Waals surface area contributed by atoms with Crippen LogP contribution in [0.3, 0.4) is 0 Å². The summed E-state index contributed by atoms with van der Waals surface area (Å²) in [6.07, 6.45) is -0.0284. The van der Waals surface area contributed by atoms with Crippen molar-refractivity contribution in [2.45, 2.75) is 26.4 Å². The smallest absolute Gasteiger partial charge is 0.261 e. The molecule has 0 radical (unpaired) electrons. The molecule has 4 nitrogen and oxygen atoms in total. The Morgan fingerprint density at radius 3 is 2.71 bits per heavy atom. The quantitative estimate of drug-likeness (QED) is 0.734. The molecule has 0 spiro atoms. The fraction of sp³-hybridized carbons (Fsp3) is 0.316. The first-order chi connectivity index (χ1) is 11.6. The van der Waals surface area contributed by atoms with Crippen LogP contribution in [-0.2, 0) is 4.79 Å². The molecule has 0 unspecified atom stereocenters. The first-order valence-electron chi connectivity index (χ1n) is 7.98. The monoisotopic (exact) mass is 347 g/mol. The average Bonchev–Trinajstić information content (AvgIpc) is 2.58. The fourth-order valence-corrected chi connectivity index (χ4v) is 2.36. The number of hydrogen-bond donors (Lipinski definition) is 1. The van der Waals surface area contributed by atoms with Crippen LogP contribution in [0.25, 0.3) is 0 Å². The minimum Gasteiger partial charge on any atom is -0.492 e. The third kappa shape index (κ3) is 5.46. The maximum absolute atomic E-state index is 12.2. The highest BCUT2D eigenvalue weighted by molar-refractivity contribution is 6.32. The molecule has 0 heterocycles. The van der Waals surface area contributed by atoms with E-state index in [4.69, 9.17) is 21.1 Å². The van der Waals surface area contributed by atoms with Crippen molar-refractivity contribution >= 4 is 17.5 Å². The van der Waals surface area contributed by atoms with Crippen molar-refractivity contribution in [1.82, 2.24) is 5.32 Å². The van der Waals surface area contributed by atoms with E-state index in [1.54, 1.807) is 12.1 Å². The Hall–Kier alpha value is -2.20. The Bertz CT molecular complexity index is 675. The molecule has 0 bridgehead atoms. The van der Waals surface area contributed by atoms with Gasteiger partial charge in [-0.05, 0) is 43.2 Å². The van der Waals surface area contributed by atoms with Crippen molar-refractivity contribution < 1.29 is 14.3 Å². The van der Waals surface area contributed by atoms with Crippen LogP contribution in [0, 0.1) is 6.92 Å². The molecule has 5 heteroatoms. The van der Waals surface area contributed by atoms with Gasteiger partial charge in [0.2, 0.25) is 0 Å². The summed E-state index contributed by atoms with van der Waals surface area (Å²) >= 11 is 6.06. The lowest BCUT2D eigenvalue weighted by Gasteiger charge is -2.18. The number of rotatable bonds is 8. The number of ether oxygens (including phenoxy) is 2. The van der Waals surface area contributed by atoms with Gasteiger partial charge < -0.3 is 14.8 Å². The molecule has 1 amide bonds. The van der Waals surface area contributed by atoms with E-state index in [0.717, 1.165) is 11.3 Å². The number of benzene rings is 2. The Balaban J connectivity index is 1.78. The van der Waals surface area contributed by atoms with E-state index in [-0.39, 0.29) is 5.91 Å². The maximum Gasteiger partial charge on any atom is 0.261 e. The molecule has 128 valence electrons. The van der Waals surface area contributed by atoms with E-state index in [2.05, 4.69) is 5.32 Å². The number of carbonyl (C=O) groups is 1. The SMILES string of the molecule is CC[C@@H](Oc1ccccc1Cl)C(=O)NCCOc1cccc(C)c1. The standard InChI is InChI=1S/C19H22ClNO3/c1-3-17(24-18-10-5-4-9-16(18)20)19(22)21-11-12-23-15-8-6-7-14(2)13-15/h4-10,13,17H,3,11-12H2,1-2H3,(H,21,22)/t17-/m1/s1. The summed E-state index contributed by atoms with van der Waals surface area (Å²) in [5.74, 6) is 1.13. The van der Waals surface area contributed by atoms with Crippen LogP contribution < -0.4 is 14.8 Å². The van der Waals surface area contributed by atoms with Crippen LogP contribution in [-0.4, -0.2) is 25.2 Å². The number of para-hydroxylation sites is 1. The highest BCUT2D eigenvalue weighted by Crippen LogP contribution is 2.24. The first kappa shape index (κ1) is 18.1. The van der Waals surface area contributed by atoms with Crippen molar-refractivity contribution in [1.29, 1.82) is 0 Å². The van der Waals surface area contributed by atoms with Gasteiger partial charge in [0, 0.05) is 0 Å². The van der Waals surface area contributed by atoms with E-state index in [1.807, 2.05) is 50.2 Å². The van der Waals surface area contributed by atoms with Crippen LogP contribution in [0.4, 0.5) is 0 Å². The lowest BCUT2D eigenvalue weighted by atomic mass is 10.2. The van der Waals surface area contributed by atoms with Crippen LogP contribution in [0.1, 0.15) is 18.9 Å². The molecule has 0 fully saturated rings. The van der Waals surface area contributed by atoms with Crippen molar-refractivity contribution in [3.8, 4) is 11.5 Å². The summed E-state index contributed by atoms with van der Waals surface area (Å²) in [4.78, 5) is 12.2. The minimum absolute atomic E-state index is 0.176. The molecule has 2 aromatic carbocycles. The second kappa shape index (κ2) is 9.18. The van der Waals surface area contributed by atoms with Crippen LogP contribution in [0.15, 0.2) is 48.5 Å². The molecular formula is C19H22ClNO3. The largest absolute Gasteiger partial charge is 0.492 e. The molecule has 2 aromatic rings. The summed E-state index contributed by atoms with van der Waals surface area (Å²) in [5.41, 5.74) is 1.13. The van der Waals surface area contributed by atoms with Crippen molar-refractivity contribution in [2.24, 2.45) is 0 Å². The van der Waals surface area contributed by atoms with Crippen LogP contribution in [0.5, 0.6) is 11.5 Å². The number of halogens is 1. The summed E-state index contributed by atoms with van der Waals surface area (Å²) in [6.45, 7) is 4.71. The van der Waals surface area contributed by atoms with E-state index in [0.29, 0.717) is 30.3 Å². The normalized spacial score (nSPS) is 11.6. The van der Waals surface area contributed by atoms with Gasteiger partial charge in [-0.1, -0.05) is 42.8 Å². The zero-order valence-corrected chi connectivity index (χ0v) is 14.7. The topological polar surface area (TPSA) is 47.6 Å². The molecule has 0 aliphatic rings. The van der Waals surface area contributed by atoms with Gasteiger partial charge in [-0.15, -0.1) is 0 Å². The fourth-order valence-electron chi connectivity index (χ4n) is 2.18. The predicted octanol–water partition coefficient (Wildman–Crippen LogP) is 4.00. The minimum atomic E-state index is -0.580.